The average molecular weight is 420 g/mol. The molecular formula is C23H24N4O4. The molecule has 1 aliphatic heterocycles. The van der Waals surface area contributed by atoms with E-state index in [1.165, 1.54) is 0 Å². The zero-order chi connectivity index (χ0) is 22.0. The Morgan fingerprint density at radius 3 is 2.52 bits per heavy atom. The summed E-state index contributed by atoms with van der Waals surface area (Å²) in [5.74, 6) is 2.02. The summed E-state index contributed by atoms with van der Waals surface area (Å²) in [5, 5.41) is 7.21. The molecule has 2 heterocycles. The molecule has 0 spiro atoms. The summed E-state index contributed by atoms with van der Waals surface area (Å²) < 4.78 is 16.5. The molecule has 1 aromatic heterocycles. The van der Waals surface area contributed by atoms with Crippen LogP contribution >= 0.6 is 0 Å². The van der Waals surface area contributed by atoms with Gasteiger partial charge in [0.2, 0.25) is 5.82 Å². The molecule has 0 bridgehead atoms. The van der Waals surface area contributed by atoms with Crippen molar-refractivity contribution in [3.05, 3.63) is 65.7 Å². The first kappa shape index (κ1) is 20.5. The van der Waals surface area contributed by atoms with Crippen LogP contribution in [-0.4, -0.2) is 41.8 Å². The summed E-state index contributed by atoms with van der Waals surface area (Å²) in [4.78, 5) is 19.0. The molecule has 0 saturated carbocycles. The fourth-order valence-corrected chi connectivity index (χ4v) is 3.76. The standard InChI is InChI=1S/C23H24N4O4/c1-5-27-14(2)19(22-25-21(26-31-22)15-9-7-6-8-10-15)20(24-23(27)28)16-11-12-17(29-3)18(13-16)30-4/h6-13,20H,5H2,1-4H3,(H,24,28). The molecule has 8 heteroatoms. The van der Waals surface area contributed by atoms with E-state index in [1.54, 1.807) is 19.1 Å². The van der Waals surface area contributed by atoms with E-state index in [0.717, 1.165) is 22.4 Å². The number of carbonyl (C=O) groups is 1. The highest BCUT2D eigenvalue weighted by Crippen LogP contribution is 2.39. The third kappa shape index (κ3) is 3.72. The number of methoxy groups -OCH3 is 2. The topological polar surface area (TPSA) is 89.7 Å². The number of aromatic nitrogens is 2. The van der Waals surface area contributed by atoms with Gasteiger partial charge in [0.25, 0.3) is 5.89 Å². The molecule has 0 fully saturated rings. The molecule has 1 aliphatic rings. The normalized spacial score (nSPS) is 16.3. The van der Waals surface area contributed by atoms with Crippen LogP contribution in [0.1, 0.15) is 31.3 Å². The lowest BCUT2D eigenvalue weighted by Crippen LogP contribution is -2.45. The van der Waals surface area contributed by atoms with E-state index in [4.69, 9.17) is 14.0 Å². The molecular weight excluding hydrogens is 396 g/mol. The zero-order valence-corrected chi connectivity index (χ0v) is 17.9. The number of benzene rings is 2. The number of hydrogen-bond donors (Lipinski definition) is 1. The summed E-state index contributed by atoms with van der Waals surface area (Å²) in [6.45, 7) is 4.32. The number of amides is 2. The highest BCUT2D eigenvalue weighted by Gasteiger charge is 2.35. The molecule has 0 aliphatic carbocycles. The lowest BCUT2D eigenvalue weighted by Gasteiger charge is -2.34. The fraction of sp³-hybridized carbons (Fsp3) is 0.261. The minimum atomic E-state index is -0.487. The maximum absolute atomic E-state index is 12.8. The quantitative estimate of drug-likeness (QED) is 0.641. The van der Waals surface area contributed by atoms with Crippen molar-refractivity contribution in [2.24, 2.45) is 0 Å². The molecule has 4 rings (SSSR count). The van der Waals surface area contributed by atoms with Gasteiger partial charge in [-0.05, 0) is 31.5 Å². The van der Waals surface area contributed by atoms with Crippen LogP contribution < -0.4 is 14.8 Å². The SMILES string of the molecule is CCN1C(=O)NC(c2ccc(OC)c(OC)c2)C(c2nc(-c3ccccc3)no2)=C1C. The van der Waals surface area contributed by atoms with Gasteiger partial charge in [-0.3, -0.25) is 4.90 Å². The average Bonchev–Trinajstić information content (AvgIpc) is 3.28. The van der Waals surface area contributed by atoms with Crippen LogP contribution in [0, 0.1) is 0 Å². The molecule has 31 heavy (non-hydrogen) atoms. The Labute approximate surface area is 180 Å². The number of nitrogens with one attached hydrogen (secondary N) is 1. The Hall–Kier alpha value is -3.81. The van der Waals surface area contributed by atoms with Crippen molar-refractivity contribution in [3.8, 4) is 22.9 Å². The molecule has 0 radical (unpaired) electrons. The lowest BCUT2D eigenvalue weighted by atomic mass is 9.94. The summed E-state index contributed by atoms with van der Waals surface area (Å²) in [6.07, 6.45) is 0. The minimum absolute atomic E-state index is 0.189. The van der Waals surface area contributed by atoms with Gasteiger partial charge in [-0.1, -0.05) is 41.6 Å². The van der Waals surface area contributed by atoms with E-state index in [2.05, 4.69) is 15.5 Å². The van der Waals surface area contributed by atoms with Crippen molar-refractivity contribution < 1.29 is 18.8 Å². The Bertz CT molecular complexity index is 1120. The van der Waals surface area contributed by atoms with E-state index in [9.17, 15) is 4.79 Å². The van der Waals surface area contributed by atoms with E-state index >= 15 is 0 Å². The van der Waals surface area contributed by atoms with Crippen LogP contribution in [0.2, 0.25) is 0 Å². The highest BCUT2D eigenvalue weighted by atomic mass is 16.5. The van der Waals surface area contributed by atoms with E-state index in [1.807, 2.05) is 62.4 Å². The second-order valence-electron chi connectivity index (χ2n) is 7.03. The van der Waals surface area contributed by atoms with Crippen LogP contribution in [0.5, 0.6) is 11.5 Å². The molecule has 3 aromatic rings. The van der Waals surface area contributed by atoms with E-state index in [0.29, 0.717) is 29.8 Å². The third-order valence-corrected chi connectivity index (χ3v) is 5.34. The maximum atomic E-state index is 12.8. The number of nitrogens with zero attached hydrogens (tertiary/aromatic N) is 3. The third-order valence-electron chi connectivity index (χ3n) is 5.34. The second-order valence-corrected chi connectivity index (χ2v) is 7.03. The first-order valence-electron chi connectivity index (χ1n) is 9.97. The molecule has 1 N–H and O–H groups in total. The first-order valence-corrected chi connectivity index (χ1v) is 9.97. The first-order chi connectivity index (χ1) is 15.1. The van der Waals surface area contributed by atoms with Gasteiger partial charge in [0, 0.05) is 17.8 Å². The highest BCUT2D eigenvalue weighted by molar-refractivity contribution is 5.87. The Morgan fingerprint density at radius 1 is 1.10 bits per heavy atom. The van der Waals surface area contributed by atoms with Crippen LogP contribution in [0.4, 0.5) is 4.79 Å². The van der Waals surface area contributed by atoms with Crippen molar-refractivity contribution in [2.45, 2.75) is 19.9 Å². The molecule has 0 saturated heterocycles. The van der Waals surface area contributed by atoms with Gasteiger partial charge in [-0.25, -0.2) is 4.79 Å². The molecule has 1 atom stereocenters. The summed E-state index contributed by atoms with van der Waals surface area (Å²) in [7, 11) is 3.16. The van der Waals surface area contributed by atoms with Gasteiger partial charge in [-0.15, -0.1) is 0 Å². The molecule has 8 nitrogen and oxygen atoms in total. The molecule has 2 aromatic carbocycles. The lowest BCUT2D eigenvalue weighted by molar-refractivity contribution is 0.207. The van der Waals surface area contributed by atoms with Gasteiger partial charge in [0.05, 0.1) is 25.8 Å². The van der Waals surface area contributed by atoms with E-state index < -0.39 is 6.04 Å². The van der Waals surface area contributed by atoms with Crippen molar-refractivity contribution in [1.82, 2.24) is 20.4 Å². The smallest absolute Gasteiger partial charge is 0.322 e. The second kappa shape index (κ2) is 8.51. The Morgan fingerprint density at radius 2 is 1.84 bits per heavy atom. The summed E-state index contributed by atoms with van der Waals surface area (Å²) in [6, 6.07) is 14.5. The largest absolute Gasteiger partial charge is 0.493 e. The van der Waals surface area contributed by atoms with Gasteiger partial charge in [-0.2, -0.15) is 4.98 Å². The van der Waals surface area contributed by atoms with Gasteiger partial charge in [0.15, 0.2) is 11.5 Å². The van der Waals surface area contributed by atoms with Crippen LogP contribution in [-0.2, 0) is 0 Å². The number of hydrogen-bond acceptors (Lipinski definition) is 6. The predicted molar refractivity (Wildman–Crippen MR) is 116 cm³/mol. The zero-order valence-electron chi connectivity index (χ0n) is 17.9. The van der Waals surface area contributed by atoms with Crippen LogP contribution in [0.3, 0.4) is 0 Å². The monoisotopic (exact) mass is 420 g/mol. The van der Waals surface area contributed by atoms with Crippen molar-refractivity contribution in [2.75, 3.05) is 20.8 Å². The number of ether oxygens (including phenoxy) is 2. The Kier molecular flexibility index (Phi) is 5.62. The van der Waals surface area contributed by atoms with E-state index in [-0.39, 0.29) is 6.03 Å². The predicted octanol–water partition coefficient (Wildman–Crippen LogP) is 4.27. The Balaban J connectivity index is 1.83. The number of urea groups is 1. The number of rotatable bonds is 6. The number of allylic oxidation sites excluding steroid dienone is 1. The fourth-order valence-electron chi connectivity index (χ4n) is 3.76. The maximum Gasteiger partial charge on any atom is 0.322 e. The van der Waals surface area contributed by atoms with Crippen molar-refractivity contribution in [3.63, 3.8) is 0 Å². The van der Waals surface area contributed by atoms with Gasteiger partial charge >= 0.3 is 6.03 Å². The van der Waals surface area contributed by atoms with Crippen LogP contribution in [0.25, 0.3) is 17.0 Å². The van der Waals surface area contributed by atoms with Crippen molar-refractivity contribution in [1.29, 1.82) is 0 Å². The minimum Gasteiger partial charge on any atom is -0.493 e. The molecule has 1 unspecified atom stereocenters. The molecule has 160 valence electrons. The molecule has 2 amide bonds. The van der Waals surface area contributed by atoms with Crippen molar-refractivity contribution >= 4 is 11.6 Å². The van der Waals surface area contributed by atoms with Gasteiger partial charge < -0.3 is 19.3 Å². The summed E-state index contributed by atoms with van der Waals surface area (Å²) >= 11 is 0. The number of carbonyl (C=O) groups excluding carboxylic acids is 1. The summed E-state index contributed by atoms with van der Waals surface area (Å²) in [5.41, 5.74) is 3.17. The van der Waals surface area contributed by atoms with Crippen LogP contribution in [0.15, 0.2) is 58.8 Å². The van der Waals surface area contributed by atoms with Gasteiger partial charge in [0.1, 0.15) is 0 Å².